The Morgan fingerprint density at radius 3 is 2.61 bits per heavy atom. The Kier molecular flexibility index (Phi) is 4.37. The molecule has 3 aliphatic rings. The van der Waals surface area contributed by atoms with E-state index < -0.39 is 0 Å². The van der Waals surface area contributed by atoms with Gasteiger partial charge in [0, 0.05) is 25.7 Å². The largest absolute Gasteiger partial charge is 0.377 e. The molecule has 4 nitrogen and oxygen atoms in total. The molecule has 0 radical (unpaired) electrons. The van der Waals surface area contributed by atoms with Crippen molar-refractivity contribution in [3.8, 4) is 0 Å². The van der Waals surface area contributed by atoms with Crippen LogP contribution in [0.3, 0.4) is 0 Å². The van der Waals surface area contributed by atoms with Crippen LogP contribution in [0, 0.1) is 17.7 Å². The van der Waals surface area contributed by atoms with Crippen molar-refractivity contribution >= 4 is 0 Å². The van der Waals surface area contributed by atoms with Gasteiger partial charge in [0.2, 0.25) is 0 Å². The Morgan fingerprint density at radius 1 is 1.09 bits per heavy atom. The molecule has 0 unspecified atom stereocenters. The van der Waals surface area contributed by atoms with E-state index in [0.717, 1.165) is 38.4 Å². The molecule has 1 aromatic rings. The highest BCUT2D eigenvalue weighted by atomic mass is 19.1. The average molecular weight is 320 g/mol. The fourth-order valence-electron chi connectivity index (χ4n) is 4.60. The monoisotopic (exact) mass is 320 g/mol. The molecule has 3 heterocycles. The van der Waals surface area contributed by atoms with Gasteiger partial charge in [0.05, 0.1) is 32.5 Å². The van der Waals surface area contributed by atoms with Crippen LogP contribution in [0.25, 0.3) is 0 Å². The second kappa shape index (κ2) is 6.48. The Hall–Kier alpha value is -1.01. The van der Waals surface area contributed by atoms with Gasteiger partial charge in [-0.05, 0) is 36.6 Å². The number of fused-ring (bicyclic) bond motifs is 1. The van der Waals surface area contributed by atoms with Gasteiger partial charge in [0.15, 0.2) is 0 Å². The Morgan fingerprint density at radius 2 is 1.87 bits per heavy atom. The second-order valence-electron chi connectivity index (χ2n) is 7.12. The first kappa shape index (κ1) is 15.5. The smallest absolute Gasteiger partial charge is 0.123 e. The van der Waals surface area contributed by atoms with Crippen molar-refractivity contribution in [3.63, 3.8) is 0 Å². The van der Waals surface area contributed by atoms with E-state index in [9.17, 15) is 4.39 Å². The Bertz CT molecular complexity index is 548. The Labute approximate surface area is 137 Å². The fraction of sp³-hybridized carbons (Fsp3) is 0.667. The summed E-state index contributed by atoms with van der Waals surface area (Å²) in [6, 6.07) is 7.79. The first-order valence-corrected chi connectivity index (χ1v) is 8.57. The van der Waals surface area contributed by atoms with Crippen LogP contribution in [0.1, 0.15) is 11.6 Å². The van der Waals surface area contributed by atoms with Crippen molar-refractivity contribution in [3.05, 3.63) is 35.6 Å². The van der Waals surface area contributed by atoms with Gasteiger partial charge in [-0.15, -0.1) is 0 Å². The molecule has 126 valence electrons. The van der Waals surface area contributed by atoms with E-state index in [0.29, 0.717) is 37.1 Å². The lowest BCUT2D eigenvalue weighted by Crippen LogP contribution is -2.41. The summed E-state index contributed by atoms with van der Waals surface area (Å²) in [6.45, 7) is 6.15. The van der Waals surface area contributed by atoms with E-state index >= 15 is 0 Å². The maximum atomic E-state index is 13.6. The van der Waals surface area contributed by atoms with Crippen molar-refractivity contribution < 1.29 is 13.9 Å². The summed E-state index contributed by atoms with van der Waals surface area (Å²) in [6.07, 6.45) is 0. The molecule has 4 rings (SSSR count). The molecular formula is C18H25FN2O2. The van der Waals surface area contributed by atoms with Gasteiger partial charge < -0.3 is 9.47 Å². The van der Waals surface area contributed by atoms with Crippen molar-refractivity contribution in [1.29, 1.82) is 0 Å². The zero-order valence-electron chi connectivity index (χ0n) is 13.7. The van der Waals surface area contributed by atoms with Crippen LogP contribution in [0.4, 0.5) is 4.39 Å². The third-order valence-corrected chi connectivity index (χ3v) is 5.62. The lowest BCUT2D eigenvalue weighted by atomic mass is 9.89. The van der Waals surface area contributed by atoms with Crippen LogP contribution >= 0.6 is 0 Å². The normalized spacial score (nSPS) is 33.7. The van der Waals surface area contributed by atoms with E-state index in [1.165, 1.54) is 6.07 Å². The van der Waals surface area contributed by atoms with E-state index in [2.05, 4.69) is 22.9 Å². The minimum atomic E-state index is -0.139. The van der Waals surface area contributed by atoms with Crippen LogP contribution in [0.15, 0.2) is 24.3 Å². The topological polar surface area (TPSA) is 24.9 Å². The van der Waals surface area contributed by atoms with Crippen LogP contribution in [0.5, 0.6) is 0 Å². The number of nitrogens with zero attached hydrogens (tertiary/aromatic N) is 2. The lowest BCUT2D eigenvalue weighted by molar-refractivity contribution is 0.0757. The highest BCUT2D eigenvalue weighted by molar-refractivity contribution is 5.23. The summed E-state index contributed by atoms with van der Waals surface area (Å²) in [7, 11) is 2.16. The highest BCUT2D eigenvalue weighted by Gasteiger charge is 2.47. The standard InChI is InChI=1S/C18H25FN2O2/c1-20-8-14-9-21(16-11-22-5-6-23-12-16)10-17(14)18(20)13-3-2-4-15(19)7-13/h2-4,7,14,16-18H,5-6,8-12H2,1H3/t14-,17+,18-/m0/s1. The van der Waals surface area contributed by atoms with Gasteiger partial charge in [-0.1, -0.05) is 12.1 Å². The summed E-state index contributed by atoms with van der Waals surface area (Å²) in [5.74, 6) is 1.07. The quantitative estimate of drug-likeness (QED) is 0.829. The number of rotatable bonds is 2. The molecule has 3 atom stereocenters. The number of halogens is 1. The zero-order chi connectivity index (χ0) is 15.8. The predicted molar refractivity (Wildman–Crippen MR) is 85.8 cm³/mol. The summed E-state index contributed by atoms with van der Waals surface area (Å²) < 4.78 is 25.0. The molecule has 1 aromatic carbocycles. The lowest BCUT2D eigenvalue weighted by Gasteiger charge is -2.30. The van der Waals surface area contributed by atoms with Gasteiger partial charge >= 0.3 is 0 Å². The van der Waals surface area contributed by atoms with Crippen molar-refractivity contribution in [2.45, 2.75) is 12.1 Å². The molecule has 5 heteroatoms. The first-order valence-electron chi connectivity index (χ1n) is 8.57. The molecule has 3 aliphatic heterocycles. The SMILES string of the molecule is CN1C[C@H]2CN(C3COCCOC3)C[C@H]2[C@@H]1c1cccc(F)c1. The van der Waals surface area contributed by atoms with E-state index in [-0.39, 0.29) is 5.82 Å². The summed E-state index contributed by atoms with van der Waals surface area (Å²) in [5, 5.41) is 0. The third-order valence-electron chi connectivity index (χ3n) is 5.62. The van der Waals surface area contributed by atoms with Gasteiger partial charge in [-0.2, -0.15) is 0 Å². The maximum absolute atomic E-state index is 13.6. The van der Waals surface area contributed by atoms with Crippen LogP contribution in [0.2, 0.25) is 0 Å². The first-order chi connectivity index (χ1) is 11.2. The second-order valence-corrected chi connectivity index (χ2v) is 7.12. The molecule has 0 amide bonds. The molecule has 0 saturated carbocycles. The van der Waals surface area contributed by atoms with Crippen LogP contribution in [-0.2, 0) is 9.47 Å². The van der Waals surface area contributed by atoms with Gasteiger partial charge in [0.25, 0.3) is 0 Å². The van der Waals surface area contributed by atoms with Crippen molar-refractivity contribution in [1.82, 2.24) is 9.80 Å². The van der Waals surface area contributed by atoms with E-state index in [1.807, 2.05) is 6.07 Å². The maximum Gasteiger partial charge on any atom is 0.123 e. The minimum absolute atomic E-state index is 0.139. The molecule has 0 N–H and O–H groups in total. The molecule has 23 heavy (non-hydrogen) atoms. The summed E-state index contributed by atoms with van der Waals surface area (Å²) in [5.41, 5.74) is 1.11. The third kappa shape index (κ3) is 3.03. The van der Waals surface area contributed by atoms with Gasteiger partial charge in [-0.25, -0.2) is 4.39 Å². The Balaban J connectivity index is 1.50. The number of likely N-dealkylation sites (tertiary alicyclic amines) is 2. The highest BCUT2D eigenvalue weighted by Crippen LogP contribution is 2.44. The van der Waals surface area contributed by atoms with Gasteiger partial charge in [0.1, 0.15) is 5.82 Å². The minimum Gasteiger partial charge on any atom is -0.377 e. The predicted octanol–water partition coefficient (Wildman–Crippen LogP) is 1.78. The van der Waals surface area contributed by atoms with E-state index in [1.54, 1.807) is 6.07 Å². The van der Waals surface area contributed by atoms with Crippen LogP contribution in [-0.4, -0.2) is 69.0 Å². The number of hydrogen-bond acceptors (Lipinski definition) is 4. The number of ether oxygens (including phenoxy) is 2. The number of benzene rings is 1. The average Bonchev–Trinajstić information content (AvgIpc) is 2.92. The fourth-order valence-corrected chi connectivity index (χ4v) is 4.60. The summed E-state index contributed by atoms with van der Waals surface area (Å²) >= 11 is 0. The zero-order valence-corrected chi connectivity index (χ0v) is 13.7. The van der Waals surface area contributed by atoms with Crippen molar-refractivity contribution in [2.24, 2.45) is 11.8 Å². The number of hydrogen-bond donors (Lipinski definition) is 0. The molecule has 0 aliphatic carbocycles. The molecule has 0 bridgehead atoms. The molecule has 0 spiro atoms. The van der Waals surface area contributed by atoms with E-state index in [4.69, 9.17) is 9.47 Å². The summed E-state index contributed by atoms with van der Waals surface area (Å²) in [4.78, 5) is 4.92. The molecule has 3 saturated heterocycles. The van der Waals surface area contributed by atoms with Gasteiger partial charge in [-0.3, -0.25) is 9.80 Å². The van der Waals surface area contributed by atoms with Crippen LogP contribution < -0.4 is 0 Å². The van der Waals surface area contributed by atoms with Crippen molar-refractivity contribution in [2.75, 3.05) is 53.1 Å². The molecule has 3 fully saturated rings. The molecule has 0 aromatic heterocycles. The molecular weight excluding hydrogens is 295 g/mol.